The van der Waals surface area contributed by atoms with Gasteiger partial charge in [0.25, 0.3) is 5.56 Å². The number of H-pyrrole nitrogens is 1. The quantitative estimate of drug-likeness (QED) is 0.359. The van der Waals surface area contributed by atoms with Crippen LogP contribution in [0.5, 0.6) is 0 Å². The second-order valence-corrected chi connectivity index (χ2v) is 4.76. The first kappa shape index (κ1) is 13.3. The highest BCUT2D eigenvalue weighted by atomic mass is 79.9. The summed E-state index contributed by atoms with van der Waals surface area (Å²) in [5.74, 6) is 0.0475. The highest BCUT2D eigenvalue weighted by Gasteiger charge is 2.12. The van der Waals surface area contributed by atoms with Crippen molar-refractivity contribution in [3.8, 4) is 0 Å². The Morgan fingerprint density at radius 1 is 1.32 bits per heavy atom. The van der Waals surface area contributed by atoms with Gasteiger partial charge in [-0.1, -0.05) is 21.1 Å². The van der Waals surface area contributed by atoms with Crippen LogP contribution in [0.25, 0.3) is 0 Å². The van der Waals surface area contributed by atoms with E-state index in [9.17, 15) is 9.59 Å². The fourth-order valence-electron chi connectivity index (χ4n) is 1.71. The van der Waals surface area contributed by atoms with E-state index in [-0.39, 0.29) is 5.84 Å². The number of aromatic amines is 1. The van der Waals surface area contributed by atoms with Gasteiger partial charge < -0.3 is 5.21 Å². The average molecular weight is 324 g/mol. The van der Waals surface area contributed by atoms with Gasteiger partial charge in [0.2, 0.25) is 0 Å². The van der Waals surface area contributed by atoms with Crippen LogP contribution in [0.1, 0.15) is 11.3 Å². The van der Waals surface area contributed by atoms with Gasteiger partial charge in [0.15, 0.2) is 5.84 Å². The number of oxime groups is 1. The molecule has 0 amide bonds. The molecule has 0 saturated carbocycles. The zero-order valence-electron chi connectivity index (χ0n) is 9.92. The summed E-state index contributed by atoms with van der Waals surface area (Å²) in [6.45, 7) is 1.58. The first-order valence-electron chi connectivity index (χ1n) is 5.34. The van der Waals surface area contributed by atoms with Gasteiger partial charge in [-0.25, -0.2) is 9.36 Å². The highest BCUT2D eigenvalue weighted by molar-refractivity contribution is 9.10. The number of halogens is 1. The van der Waals surface area contributed by atoms with Gasteiger partial charge in [-0.3, -0.25) is 9.78 Å². The van der Waals surface area contributed by atoms with Crippen molar-refractivity contribution in [3.63, 3.8) is 0 Å². The summed E-state index contributed by atoms with van der Waals surface area (Å²) in [5, 5.41) is 12.3. The lowest BCUT2D eigenvalue weighted by Gasteiger charge is -2.10. The molecule has 1 aromatic heterocycles. The van der Waals surface area contributed by atoms with Crippen LogP contribution in [0.15, 0.2) is 49.5 Å². The molecule has 2 aromatic rings. The Bertz CT molecular complexity index is 744. The molecule has 0 unspecified atom stereocenters. The summed E-state index contributed by atoms with van der Waals surface area (Å²) in [7, 11) is 0. The van der Waals surface area contributed by atoms with Gasteiger partial charge in [0, 0.05) is 21.8 Å². The zero-order valence-corrected chi connectivity index (χ0v) is 11.5. The Kier molecular flexibility index (Phi) is 3.66. The molecule has 1 heterocycles. The molecule has 0 atom stereocenters. The molecule has 1 aromatic carbocycles. The molecule has 0 spiro atoms. The third kappa shape index (κ3) is 2.65. The van der Waals surface area contributed by atoms with E-state index in [4.69, 9.17) is 5.21 Å². The van der Waals surface area contributed by atoms with E-state index in [2.05, 4.69) is 26.1 Å². The minimum atomic E-state index is -0.652. The van der Waals surface area contributed by atoms with Crippen LogP contribution in [0.2, 0.25) is 0 Å². The largest absolute Gasteiger partial charge is 0.409 e. The third-order valence-corrected chi connectivity index (χ3v) is 3.06. The number of aromatic nitrogens is 2. The predicted molar refractivity (Wildman–Crippen MR) is 73.9 cm³/mol. The number of benzene rings is 1. The van der Waals surface area contributed by atoms with E-state index >= 15 is 0 Å². The molecule has 0 fully saturated rings. The number of nitrogens with zero attached hydrogens (tertiary/aromatic N) is 2. The molecule has 6 nitrogen and oxygen atoms in total. The normalized spacial score (nSPS) is 11.6. The van der Waals surface area contributed by atoms with Crippen molar-refractivity contribution in [3.05, 3.63) is 66.9 Å². The van der Waals surface area contributed by atoms with E-state index < -0.39 is 11.2 Å². The maximum absolute atomic E-state index is 11.8. The SMILES string of the molecule is Cc1cc(=O)[nH]c(=O)n1/C(=N\O)c1ccc(Br)cc1. The summed E-state index contributed by atoms with van der Waals surface area (Å²) in [5.41, 5.74) is -0.222. The minimum Gasteiger partial charge on any atom is -0.409 e. The van der Waals surface area contributed by atoms with Crippen LogP contribution in [-0.2, 0) is 0 Å². The molecule has 19 heavy (non-hydrogen) atoms. The lowest BCUT2D eigenvalue weighted by molar-refractivity contribution is 0.317. The van der Waals surface area contributed by atoms with Crippen LogP contribution in [0.4, 0.5) is 0 Å². The Morgan fingerprint density at radius 2 is 1.95 bits per heavy atom. The molecule has 0 bridgehead atoms. The van der Waals surface area contributed by atoms with Crippen LogP contribution >= 0.6 is 15.9 Å². The van der Waals surface area contributed by atoms with Gasteiger partial charge in [0.05, 0.1) is 0 Å². The number of hydrogen-bond acceptors (Lipinski definition) is 4. The van der Waals surface area contributed by atoms with Gasteiger partial charge in [-0.15, -0.1) is 0 Å². The summed E-state index contributed by atoms with van der Waals surface area (Å²) < 4.78 is 1.99. The van der Waals surface area contributed by atoms with Crippen LogP contribution in [0, 0.1) is 6.92 Å². The molecule has 0 radical (unpaired) electrons. The molecule has 0 aliphatic carbocycles. The Morgan fingerprint density at radius 3 is 2.47 bits per heavy atom. The van der Waals surface area contributed by atoms with Crippen molar-refractivity contribution in [2.75, 3.05) is 0 Å². The first-order chi connectivity index (χ1) is 9.02. The fourth-order valence-corrected chi connectivity index (χ4v) is 1.97. The topological polar surface area (TPSA) is 87.5 Å². The predicted octanol–water partition coefficient (Wildman–Crippen LogP) is 1.29. The molecular formula is C12H10BrN3O3. The molecule has 7 heteroatoms. The van der Waals surface area contributed by atoms with Crippen molar-refractivity contribution in [1.29, 1.82) is 0 Å². The van der Waals surface area contributed by atoms with Crippen LogP contribution < -0.4 is 11.2 Å². The molecule has 98 valence electrons. The maximum Gasteiger partial charge on any atom is 0.334 e. The Balaban J connectivity index is 2.65. The highest BCUT2D eigenvalue weighted by Crippen LogP contribution is 2.12. The van der Waals surface area contributed by atoms with Crippen LogP contribution in [0.3, 0.4) is 0 Å². The smallest absolute Gasteiger partial charge is 0.334 e. The van der Waals surface area contributed by atoms with Crippen molar-refractivity contribution in [2.24, 2.45) is 5.16 Å². The van der Waals surface area contributed by atoms with E-state index in [1.165, 1.54) is 6.07 Å². The van der Waals surface area contributed by atoms with E-state index in [1.54, 1.807) is 31.2 Å². The maximum atomic E-state index is 11.8. The molecule has 0 aliphatic rings. The van der Waals surface area contributed by atoms with Crippen molar-refractivity contribution < 1.29 is 5.21 Å². The number of aryl methyl sites for hydroxylation is 1. The van der Waals surface area contributed by atoms with Gasteiger partial charge >= 0.3 is 5.69 Å². The minimum absolute atomic E-state index is 0.0475. The average Bonchev–Trinajstić information content (AvgIpc) is 2.35. The summed E-state index contributed by atoms with van der Waals surface area (Å²) in [6.07, 6.45) is 0. The molecule has 2 N–H and O–H groups in total. The first-order valence-corrected chi connectivity index (χ1v) is 6.13. The van der Waals surface area contributed by atoms with E-state index in [1.807, 2.05) is 0 Å². The summed E-state index contributed by atoms with van der Waals surface area (Å²) >= 11 is 3.29. The second kappa shape index (κ2) is 5.23. The molecule has 2 rings (SSSR count). The van der Waals surface area contributed by atoms with Crippen molar-refractivity contribution in [2.45, 2.75) is 6.92 Å². The Labute approximate surface area is 116 Å². The molecule has 0 saturated heterocycles. The summed E-state index contributed by atoms with van der Waals surface area (Å²) in [4.78, 5) is 25.1. The van der Waals surface area contributed by atoms with Crippen molar-refractivity contribution in [1.82, 2.24) is 9.55 Å². The van der Waals surface area contributed by atoms with E-state index in [0.29, 0.717) is 11.3 Å². The Hall–Kier alpha value is -2.15. The lowest BCUT2D eigenvalue weighted by Crippen LogP contribution is -2.36. The number of rotatable bonds is 1. The second-order valence-electron chi connectivity index (χ2n) is 3.85. The van der Waals surface area contributed by atoms with Crippen LogP contribution in [-0.4, -0.2) is 20.6 Å². The monoisotopic (exact) mass is 323 g/mol. The summed E-state index contributed by atoms with van der Waals surface area (Å²) in [6, 6.07) is 8.15. The van der Waals surface area contributed by atoms with E-state index in [0.717, 1.165) is 9.04 Å². The molecular weight excluding hydrogens is 314 g/mol. The fraction of sp³-hybridized carbons (Fsp3) is 0.0833. The number of nitrogens with one attached hydrogen (secondary N) is 1. The van der Waals surface area contributed by atoms with Gasteiger partial charge in [0.1, 0.15) is 0 Å². The standard InChI is InChI=1S/C12H10BrN3O3/c1-7-6-10(17)14-12(18)16(7)11(15-19)8-2-4-9(13)5-3-8/h2-6,19H,1H3,(H,14,17,18)/b15-11-. The number of hydrogen-bond donors (Lipinski definition) is 2. The van der Waals surface area contributed by atoms with Gasteiger partial charge in [-0.05, 0) is 31.2 Å². The lowest BCUT2D eigenvalue weighted by atomic mass is 10.2. The zero-order chi connectivity index (χ0) is 14.0. The third-order valence-electron chi connectivity index (χ3n) is 2.53. The van der Waals surface area contributed by atoms with Gasteiger partial charge in [-0.2, -0.15) is 0 Å². The molecule has 0 aliphatic heterocycles. The van der Waals surface area contributed by atoms with Crippen molar-refractivity contribution >= 4 is 21.8 Å².